The highest BCUT2D eigenvalue weighted by Crippen LogP contribution is 2.26. The van der Waals surface area contributed by atoms with E-state index in [9.17, 15) is 13.2 Å². The molecule has 8 heteroatoms. The van der Waals surface area contributed by atoms with Crippen LogP contribution in [0.4, 0.5) is 5.69 Å². The van der Waals surface area contributed by atoms with Crippen LogP contribution in [0.15, 0.2) is 76.3 Å². The van der Waals surface area contributed by atoms with Gasteiger partial charge >= 0.3 is 0 Å². The van der Waals surface area contributed by atoms with Gasteiger partial charge in [0.25, 0.3) is 15.9 Å². The molecule has 30 heavy (non-hydrogen) atoms. The summed E-state index contributed by atoms with van der Waals surface area (Å²) in [7, 11) is -2.07. The number of sulfonamides is 1. The van der Waals surface area contributed by atoms with E-state index < -0.39 is 10.0 Å². The maximum Gasteiger partial charge on any atom is 0.273 e. The van der Waals surface area contributed by atoms with E-state index in [-0.39, 0.29) is 22.6 Å². The van der Waals surface area contributed by atoms with Crippen molar-refractivity contribution < 1.29 is 17.9 Å². The SMILES string of the molecule is CC(CNC(=O)COc1ccc(N(C)S(=O)(=O)c2cccs2)cc1)c1ccccc1. The summed E-state index contributed by atoms with van der Waals surface area (Å²) in [6, 6.07) is 19.8. The van der Waals surface area contributed by atoms with E-state index in [1.807, 2.05) is 30.3 Å². The molecule has 6 nitrogen and oxygen atoms in total. The summed E-state index contributed by atoms with van der Waals surface area (Å²) < 4.78 is 32.2. The van der Waals surface area contributed by atoms with E-state index in [0.717, 1.165) is 5.56 Å². The van der Waals surface area contributed by atoms with Gasteiger partial charge in [0.1, 0.15) is 9.96 Å². The van der Waals surface area contributed by atoms with Gasteiger partial charge in [0, 0.05) is 13.6 Å². The highest BCUT2D eigenvalue weighted by atomic mass is 32.2. The van der Waals surface area contributed by atoms with Gasteiger partial charge < -0.3 is 10.1 Å². The molecule has 1 aromatic heterocycles. The van der Waals surface area contributed by atoms with Crippen molar-refractivity contribution >= 4 is 33.0 Å². The fourth-order valence-electron chi connectivity index (χ4n) is 2.80. The number of nitrogens with one attached hydrogen (secondary N) is 1. The van der Waals surface area contributed by atoms with Crippen molar-refractivity contribution in [3.05, 3.63) is 77.7 Å². The minimum absolute atomic E-state index is 0.107. The summed E-state index contributed by atoms with van der Waals surface area (Å²) in [4.78, 5) is 12.1. The van der Waals surface area contributed by atoms with E-state index in [1.54, 1.807) is 41.8 Å². The minimum Gasteiger partial charge on any atom is -0.484 e. The lowest BCUT2D eigenvalue weighted by molar-refractivity contribution is -0.123. The van der Waals surface area contributed by atoms with E-state index in [0.29, 0.717) is 18.0 Å². The fourth-order valence-corrected chi connectivity index (χ4v) is 5.16. The number of benzene rings is 2. The molecule has 3 aromatic rings. The lowest BCUT2D eigenvalue weighted by Crippen LogP contribution is -2.31. The standard InChI is InChI=1S/C22H24N2O4S2/c1-17(18-7-4-3-5-8-18)15-23-21(25)16-28-20-12-10-19(11-13-20)24(2)30(26,27)22-9-6-14-29-22/h3-14,17H,15-16H2,1-2H3,(H,23,25). The van der Waals surface area contributed by atoms with Gasteiger partial charge in [0.05, 0.1) is 5.69 Å². The van der Waals surface area contributed by atoms with Crippen LogP contribution in [-0.4, -0.2) is 34.5 Å². The zero-order valence-corrected chi connectivity index (χ0v) is 18.4. The van der Waals surface area contributed by atoms with E-state index in [1.165, 1.54) is 22.7 Å². The Kier molecular flexibility index (Phi) is 7.12. The molecule has 0 fully saturated rings. The number of amides is 1. The lowest BCUT2D eigenvalue weighted by atomic mass is 10.0. The van der Waals surface area contributed by atoms with Gasteiger partial charge in [-0.2, -0.15) is 0 Å². The van der Waals surface area contributed by atoms with E-state index in [2.05, 4.69) is 12.2 Å². The summed E-state index contributed by atoms with van der Waals surface area (Å²) in [5.41, 5.74) is 1.67. The average molecular weight is 445 g/mol. The first kappa shape index (κ1) is 21.9. The average Bonchev–Trinajstić information content (AvgIpc) is 3.32. The van der Waals surface area contributed by atoms with Crippen LogP contribution in [0.25, 0.3) is 0 Å². The van der Waals surface area contributed by atoms with Crippen LogP contribution in [0.5, 0.6) is 5.75 Å². The predicted molar refractivity (Wildman–Crippen MR) is 120 cm³/mol. The number of carbonyl (C=O) groups is 1. The van der Waals surface area contributed by atoms with Crippen LogP contribution in [-0.2, 0) is 14.8 Å². The second-order valence-corrected chi connectivity index (χ2v) is 9.95. The van der Waals surface area contributed by atoms with Crippen LogP contribution in [0.1, 0.15) is 18.4 Å². The van der Waals surface area contributed by atoms with Gasteiger partial charge in [-0.05, 0) is 47.2 Å². The number of carbonyl (C=O) groups excluding carboxylic acids is 1. The molecule has 1 atom stereocenters. The molecule has 0 bridgehead atoms. The van der Waals surface area contributed by atoms with Crippen LogP contribution in [0.3, 0.4) is 0 Å². The summed E-state index contributed by atoms with van der Waals surface area (Å²) in [6.07, 6.45) is 0. The number of ether oxygens (including phenoxy) is 1. The molecule has 0 aliphatic heterocycles. The quantitative estimate of drug-likeness (QED) is 0.544. The molecule has 0 saturated heterocycles. The molecule has 0 aliphatic rings. The van der Waals surface area contributed by atoms with Crippen molar-refractivity contribution in [3.63, 3.8) is 0 Å². The number of thiophene rings is 1. The first-order chi connectivity index (χ1) is 14.4. The summed E-state index contributed by atoms with van der Waals surface area (Å²) in [5, 5.41) is 4.59. The molecule has 0 spiro atoms. The molecule has 0 saturated carbocycles. The Hall–Kier alpha value is -2.84. The van der Waals surface area contributed by atoms with Gasteiger partial charge in [0.2, 0.25) is 0 Å². The first-order valence-electron chi connectivity index (χ1n) is 9.45. The van der Waals surface area contributed by atoms with Gasteiger partial charge in [0.15, 0.2) is 6.61 Å². The van der Waals surface area contributed by atoms with Crippen molar-refractivity contribution in [1.82, 2.24) is 5.32 Å². The predicted octanol–water partition coefficient (Wildman–Crippen LogP) is 3.87. The second-order valence-electron chi connectivity index (χ2n) is 6.80. The van der Waals surface area contributed by atoms with Gasteiger partial charge in [-0.25, -0.2) is 8.42 Å². The van der Waals surface area contributed by atoms with Crippen molar-refractivity contribution in [2.24, 2.45) is 0 Å². The monoisotopic (exact) mass is 444 g/mol. The minimum atomic E-state index is -3.58. The molecule has 3 rings (SSSR count). The molecule has 0 radical (unpaired) electrons. The zero-order valence-electron chi connectivity index (χ0n) is 16.8. The highest BCUT2D eigenvalue weighted by molar-refractivity contribution is 7.94. The maximum atomic E-state index is 12.6. The number of nitrogens with zero attached hydrogens (tertiary/aromatic N) is 1. The Balaban J connectivity index is 1.50. The van der Waals surface area contributed by atoms with Gasteiger partial charge in [-0.15, -0.1) is 11.3 Å². The van der Waals surface area contributed by atoms with Crippen molar-refractivity contribution in [1.29, 1.82) is 0 Å². The fraction of sp³-hybridized carbons (Fsp3) is 0.227. The summed E-state index contributed by atoms with van der Waals surface area (Å²) >= 11 is 1.17. The maximum absolute atomic E-state index is 12.6. The molecule has 0 aliphatic carbocycles. The van der Waals surface area contributed by atoms with E-state index in [4.69, 9.17) is 4.74 Å². The molecular weight excluding hydrogens is 420 g/mol. The third kappa shape index (κ3) is 5.40. The van der Waals surface area contributed by atoms with Crippen LogP contribution >= 0.6 is 11.3 Å². The third-order valence-electron chi connectivity index (χ3n) is 4.65. The van der Waals surface area contributed by atoms with E-state index >= 15 is 0 Å². The molecule has 1 unspecified atom stereocenters. The smallest absolute Gasteiger partial charge is 0.273 e. The Morgan fingerprint density at radius 2 is 1.77 bits per heavy atom. The second kappa shape index (κ2) is 9.77. The van der Waals surface area contributed by atoms with Gasteiger partial charge in [-0.3, -0.25) is 9.10 Å². The molecule has 158 valence electrons. The Bertz CT molecular complexity index is 1050. The number of rotatable bonds is 9. The summed E-state index contributed by atoms with van der Waals surface area (Å²) in [5.74, 6) is 0.487. The third-order valence-corrected chi connectivity index (χ3v) is 7.81. The number of hydrogen-bond donors (Lipinski definition) is 1. The Morgan fingerprint density at radius 1 is 1.07 bits per heavy atom. The lowest BCUT2D eigenvalue weighted by Gasteiger charge is -2.18. The number of hydrogen-bond acceptors (Lipinski definition) is 5. The topological polar surface area (TPSA) is 75.7 Å². The highest BCUT2D eigenvalue weighted by Gasteiger charge is 2.22. The van der Waals surface area contributed by atoms with Crippen LogP contribution in [0.2, 0.25) is 0 Å². The Labute approximate surface area is 181 Å². The zero-order chi connectivity index (χ0) is 21.6. The molecule has 2 aromatic carbocycles. The normalized spacial score (nSPS) is 12.2. The molecular formula is C22H24N2O4S2. The van der Waals surface area contributed by atoms with Gasteiger partial charge in [-0.1, -0.05) is 43.3 Å². The molecule has 1 amide bonds. The van der Waals surface area contributed by atoms with Crippen molar-refractivity contribution in [2.45, 2.75) is 17.1 Å². The number of anilines is 1. The molecule has 1 N–H and O–H groups in total. The van der Waals surface area contributed by atoms with Crippen molar-refractivity contribution in [2.75, 3.05) is 24.5 Å². The van der Waals surface area contributed by atoms with Crippen molar-refractivity contribution in [3.8, 4) is 5.75 Å². The molecule has 1 heterocycles. The largest absolute Gasteiger partial charge is 0.484 e. The van der Waals surface area contributed by atoms with Crippen LogP contribution in [0, 0.1) is 0 Å². The first-order valence-corrected chi connectivity index (χ1v) is 11.8. The Morgan fingerprint density at radius 3 is 2.40 bits per heavy atom. The van der Waals surface area contributed by atoms with Crippen LogP contribution < -0.4 is 14.4 Å². The summed E-state index contributed by atoms with van der Waals surface area (Å²) in [6.45, 7) is 2.47.